The van der Waals surface area contributed by atoms with E-state index in [-0.39, 0.29) is 0 Å². The van der Waals surface area contributed by atoms with Crippen LogP contribution < -0.4 is 5.73 Å². The summed E-state index contributed by atoms with van der Waals surface area (Å²) in [5.41, 5.74) is 8.79. The van der Waals surface area contributed by atoms with E-state index in [9.17, 15) is 0 Å². The zero-order valence-electron chi connectivity index (χ0n) is 8.20. The van der Waals surface area contributed by atoms with Crippen LogP contribution in [0.25, 0.3) is 11.1 Å². The lowest BCUT2D eigenvalue weighted by atomic mass is 10.1. The van der Waals surface area contributed by atoms with Crippen molar-refractivity contribution in [3.63, 3.8) is 0 Å². The van der Waals surface area contributed by atoms with Crippen molar-refractivity contribution in [2.24, 2.45) is 5.73 Å². The number of hydrogen-bond acceptors (Lipinski definition) is 2. The molecule has 3 N–H and O–H groups in total. The van der Waals surface area contributed by atoms with Crippen molar-refractivity contribution in [1.82, 2.24) is 10.2 Å². The van der Waals surface area contributed by atoms with E-state index in [0.29, 0.717) is 6.54 Å². The van der Waals surface area contributed by atoms with Gasteiger partial charge in [-0.15, -0.1) is 0 Å². The van der Waals surface area contributed by atoms with Gasteiger partial charge in [-0.05, 0) is 24.2 Å². The van der Waals surface area contributed by atoms with E-state index in [0.717, 1.165) is 28.3 Å². The van der Waals surface area contributed by atoms with Gasteiger partial charge < -0.3 is 5.73 Å². The van der Waals surface area contributed by atoms with Gasteiger partial charge in [-0.1, -0.05) is 23.7 Å². The van der Waals surface area contributed by atoms with Crippen LogP contribution in [0.15, 0.2) is 30.5 Å². The number of H-pyrrole nitrogens is 1. The second-order valence-corrected chi connectivity index (χ2v) is 3.74. The first kappa shape index (κ1) is 10.2. The Labute approximate surface area is 93.3 Å². The summed E-state index contributed by atoms with van der Waals surface area (Å²) in [6.07, 6.45) is 2.62. The number of aromatic nitrogens is 2. The summed E-state index contributed by atoms with van der Waals surface area (Å²) < 4.78 is 0. The molecule has 2 rings (SSSR count). The highest BCUT2D eigenvalue weighted by Gasteiger charge is 2.06. The summed E-state index contributed by atoms with van der Waals surface area (Å²) in [5.74, 6) is 0. The van der Waals surface area contributed by atoms with Crippen LogP contribution in [0.5, 0.6) is 0 Å². The zero-order valence-corrected chi connectivity index (χ0v) is 8.96. The Balaban J connectivity index is 2.36. The first-order valence-corrected chi connectivity index (χ1v) is 5.17. The Morgan fingerprint density at radius 3 is 2.67 bits per heavy atom. The topological polar surface area (TPSA) is 54.7 Å². The second-order valence-electron chi connectivity index (χ2n) is 3.31. The van der Waals surface area contributed by atoms with E-state index < -0.39 is 0 Å². The summed E-state index contributed by atoms with van der Waals surface area (Å²) in [5, 5.41) is 7.72. The molecule has 1 heterocycles. The van der Waals surface area contributed by atoms with Gasteiger partial charge in [0.25, 0.3) is 0 Å². The number of nitrogens with two attached hydrogens (primary N) is 1. The predicted octanol–water partition coefficient (Wildman–Crippen LogP) is 2.23. The highest BCUT2D eigenvalue weighted by molar-refractivity contribution is 6.30. The lowest BCUT2D eigenvalue weighted by molar-refractivity contribution is 0.902. The average molecular weight is 222 g/mol. The molecule has 0 saturated carbocycles. The molecule has 1 aromatic carbocycles. The van der Waals surface area contributed by atoms with Gasteiger partial charge in [-0.3, -0.25) is 5.10 Å². The smallest absolute Gasteiger partial charge is 0.0568 e. The van der Waals surface area contributed by atoms with Crippen LogP contribution in [0.3, 0.4) is 0 Å². The van der Waals surface area contributed by atoms with Gasteiger partial charge >= 0.3 is 0 Å². The summed E-state index contributed by atoms with van der Waals surface area (Å²) in [4.78, 5) is 0. The van der Waals surface area contributed by atoms with Crippen LogP contribution in [0.1, 0.15) is 5.69 Å². The van der Waals surface area contributed by atoms with Crippen LogP contribution in [0.2, 0.25) is 5.02 Å². The number of halogens is 1. The highest BCUT2D eigenvalue weighted by atomic mass is 35.5. The van der Waals surface area contributed by atoms with E-state index in [1.54, 1.807) is 0 Å². The van der Waals surface area contributed by atoms with Crippen LogP contribution >= 0.6 is 11.6 Å². The summed E-state index contributed by atoms with van der Waals surface area (Å²) in [6, 6.07) is 7.70. The highest BCUT2D eigenvalue weighted by Crippen LogP contribution is 2.23. The van der Waals surface area contributed by atoms with Crippen molar-refractivity contribution >= 4 is 11.6 Å². The Bertz CT molecular complexity index is 433. The fraction of sp³-hybridized carbons (Fsp3) is 0.182. The first-order chi connectivity index (χ1) is 7.31. The van der Waals surface area contributed by atoms with Crippen LogP contribution in [0, 0.1) is 0 Å². The van der Waals surface area contributed by atoms with Gasteiger partial charge in [0.05, 0.1) is 6.20 Å². The van der Waals surface area contributed by atoms with Crippen molar-refractivity contribution < 1.29 is 0 Å². The molecule has 0 bridgehead atoms. The summed E-state index contributed by atoms with van der Waals surface area (Å²) in [7, 11) is 0. The molecule has 78 valence electrons. The van der Waals surface area contributed by atoms with Crippen LogP contribution in [0.4, 0.5) is 0 Å². The maximum absolute atomic E-state index is 5.83. The standard InChI is InChI=1S/C11H12ClN3/c12-9-3-1-8(2-4-9)10-7-14-15-11(10)5-6-13/h1-4,7H,5-6,13H2,(H,14,15). The molecule has 0 unspecified atom stereocenters. The lowest BCUT2D eigenvalue weighted by Gasteiger charge is -2.01. The molecule has 0 aliphatic heterocycles. The van der Waals surface area contributed by atoms with Gasteiger partial charge in [-0.25, -0.2) is 0 Å². The Morgan fingerprint density at radius 2 is 2.00 bits per heavy atom. The molecule has 0 radical (unpaired) electrons. The molecule has 4 heteroatoms. The molecule has 0 atom stereocenters. The van der Waals surface area contributed by atoms with Crippen molar-refractivity contribution in [2.45, 2.75) is 6.42 Å². The fourth-order valence-corrected chi connectivity index (χ4v) is 1.65. The summed E-state index contributed by atoms with van der Waals surface area (Å²) in [6.45, 7) is 0.614. The van der Waals surface area contributed by atoms with Gasteiger partial charge in [0, 0.05) is 22.7 Å². The quantitative estimate of drug-likeness (QED) is 0.835. The fourth-order valence-electron chi connectivity index (χ4n) is 1.53. The van der Waals surface area contributed by atoms with Gasteiger partial charge in [-0.2, -0.15) is 5.10 Å². The normalized spacial score (nSPS) is 10.5. The van der Waals surface area contributed by atoms with E-state index in [1.165, 1.54) is 0 Å². The number of benzene rings is 1. The summed E-state index contributed by atoms with van der Waals surface area (Å²) >= 11 is 5.83. The van der Waals surface area contributed by atoms with E-state index in [4.69, 9.17) is 17.3 Å². The molecule has 3 nitrogen and oxygen atoms in total. The Hall–Kier alpha value is -1.32. The van der Waals surface area contributed by atoms with Crippen molar-refractivity contribution in [3.8, 4) is 11.1 Å². The van der Waals surface area contributed by atoms with Crippen LogP contribution in [-0.2, 0) is 6.42 Å². The molecular formula is C11H12ClN3. The van der Waals surface area contributed by atoms with Crippen molar-refractivity contribution in [3.05, 3.63) is 41.2 Å². The number of hydrogen-bond donors (Lipinski definition) is 2. The van der Waals surface area contributed by atoms with Crippen molar-refractivity contribution in [1.29, 1.82) is 0 Å². The molecule has 1 aromatic heterocycles. The number of nitrogens with one attached hydrogen (secondary N) is 1. The van der Waals surface area contributed by atoms with Crippen molar-refractivity contribution in [2.75, 3.05) is 6.54 Å². The van der Waals surface area contributed by atoms with Gasteiger partial charge in [0.2, 0.25) is 0 Å². The average Bonchev–Trinajstić information content (AvgIpc) is 2.68. The monoisotopic (exact) mass is 221 g/mol. The molecule has 0 spiro atoms. The zero-order chi connectivity index (χ0) is 10.7. The van der Waals surface area contributed by atoms with Crippen LogP contribution in [-0.4, -0.2) is 16.7 Å². The SMILES string of the molecule is NCCc1[nH]ncc1-c1ccc(Cl)cc1. The third-order valence-corrected chi connectivity index (χ3v) is 2.52. The molecule has 2 aromatic rings. The molecule has 0 amide bonds. The van der Waals surface area contributed by atoms with Gasteiger partial charge in [0.15, 0.2) is 0 Å². The Kier molecular flexibility index (Phi) is 3.04. The molecule has 15 heavy (non-hydrogen) atoms. The first-order valence-electron chi connectivity index (χ1n) is 4.79. The molecule has 0 fully saturated rings. The molecule has 0 aliphatic rings. The van der Waals surface area contributed by atoms with E-state index >= 15 is 0 Å². The maximum atomic E-state index is 5.83. The minimum absolute atomic E-state index is 0.614. The minimum Gasteiger partial charge on any atom is -0.330 e. The van der Waals surface area contributed by atoms with E-state index in [2.05, 4.69) is 10.2 Å². The number of rotatable bonds is 3. The molecular weight excluding hydrogens is 210 g/mol. The second kappa shape index (κ2) is 4.47. The van der Waals surface area contributed by atoms with E-state index in [1.807, 2.05) is 30.5 Å². The Morgan fingerprint density at radius 1 is 1.27 bits per heavy atom. The predicted molar refractivity (Wildman–Crippen MR) is 61.8 cm³/mol. The third-order valence-electron chi connectivity index (χ3n) is 2.27. The maximum Gasteiger partial charge on any atom is 0.0568 e. The molecule has 0 aliphatic carbocycles. The largest absolute Gasteiger partial charge is 0.330 e. The number of aromatic amines is 1. The molecule has 0 saturated heterocycles. The third kappa shape index (κ3) is 2.19. The minimum atomic E-state index is 0.614. The number of nitrogens with zero attached hydrogens (tertiary/aromatic N) is 1. The van der Waals surface area contributed by atoms with Gasteiger partial charge in [0.1, 0.15) is 0 Å². The lowest BCUT2D eigenvalue weighted by Crippen LogP contribution is -2.03.